The standard InChI is InChI=1S/C17H23N5OS/c1-3-18-16(23)22-10-9-21(12-13(22)2)17-19-15(20-24-17)11-14-7-5-4-6-8-14/h4-8,13H,3,9-12H2,1-2H3,(H,18,23). The highest BCUT2D eigenvalue weighted by molar-refractivity contribution is 7.09. The minimum atomic E-state index is 0.0201. The van der Waals surface area contributed by atoms with Crippen molar-refractivity contribution in [2.24, 2.45) is 0 Å². The Labute approximate surface area is 146 Å². The molecule has 1 aromatic carbocycles. The first kappa shape index (κ1) is 16.7. The van der Waals surface area contributed by atoms with E-state index in [1.165, 1.54) is 17.1 Å². The van der Waals surface area contributed by atoms with Gasteiger partial charge in [0.05, 0.1) is 0 Å². The first-order valence-corrected chi connectivity index (χ1v) is 9.10. The summed E-state index contributed by atoms with van der Waals surface area (Å²) < 4.78 is 4.49. The second-order valence-corrected chi connectivity index (χ2v) is 6.71. The molecule has 1 fully saturated rings. The first-order chi connectivity index (χ1) is 11.7. The van der Waals surface area contributed by atoms with E-state index in [1.807, 2.05) is 30.0 Å². The van der Waals surface area contributed by atoms with Crippen molar-refractivity contribution in [3.8, 4) is 0 Å². The van der Waals surface area contributed by atoms with E-state index >= 15 is 0 Å². The maximum Gasteiger partial charge on any atom is 0.317 e. The molecule has 2 heterocycles. The average molecular weight is 345 g/mol. The van der Waals surface area contributed by atoms with Crippen LogP contribution in [0, 0.1) is 0 Å². The molecular weight excluding hydrogens is 322 g/mol. The molecule has 1 saturated heterocycles. The van der Waals surface area contributed by atoms with E-state index in [9.17, 15) is 4.79 Å². The van der Waals surface area contributed by atoms with Crippen molar-refractivity contribution in [3.63, 3.8) is 0 Å². The molecular formula is C17H23N5OS. The molecule has 0 aliphatic carbocycles. The van der Waals surface area contributed by atoms with Crippen LogP contribution in [0.5, 0.6) is 0 Å². The Morgan fingerprint density at radius 2 is 2.12 bits per heavy atom. The summed E-state index contributed by atoms with van der Waals surface area (Å²) in [5.41, 5.74) is 1.22. The Bertz CT molecular complexity index is 675. The summed E-state index contributed by atoms with van der Waals surface area (Å²) in [6.07, 6.45) is 0.756. The number of aromatic nitrogens is 2. The molecule has 128 valence electrons. The van der Waals surface area contributed by atoms with Gasteiger partial charge in [0.1, 0.15) is 5.82 Å². The molecule has 2 amide bonds. The number of hydrogen-bond acceptors (Lipinski definition) is 5. The highest BCUT2D eigenvalue weighted by Crippen LogP contribution is 2.22. The van der Waals surface area contributed by atoms with E-state index in [1.54, 1.807) is 0 Å². The number of nitrogens with one attached hydrogen (secondary N) is 1. The van der Waals surface area contributed by atoms with Gasteiger partial charge in [-0.2, -0.15) is 4.37 Å². The van der Waals surface area contributed by atoms with Gasteiger partial charge in [-0.05, 0) is 19.4 Å². The lowest BCUT2D eigenvalue weighted by atomic mass is 10.1. The summed E-state index contributed by atoms with van der Waals surface area (Å²) >= 11 is 1.44. The maximum atomic E-state index is 12.0. The highest BCUT2D eigenvalue weighted by atomic mass is 32.1. The van der Waals surface area contributed by atoms with Gasteiger partial charge in [0.15, 0.2) is 0 Å². The predicted octanol–water partition coefficient (Wildman–Crippen LogP) is 2.37. The normalized spacial score (nSPS) is 17.8. The number of carbonyl (C=O) groups is 1. The molecule has 1 aliphatic rings. The summed E-state index contributed by atoms with van der Waals surface area (Å²) in [4.78, 5) is 20.8. The number of benzene rings is 1. The number of amides is 2. The Hall–Kier alpha value is -2.15. The van der Waals surface area contributed by atoms with E-state index in [-0.39, 0.29) is 12.1 Å². The van der Waals surface area contributed by atoms with Crippen LogP contribution in [0.2, 0.25) is 0 Å². The zero-order valence-electron chi connectivity index (χ0n) is 14.1. The number of nitrogens with zero attached hydrogens (tertiary/aromatic N) is 4. The van der Waals surface area contributed by atoms with E-state index in [4.69, 9.17) is 0 Å². The van der Waals surface area contributed by atoms with Gasteiger partial charge in [-0.15, -0.1) is 0 Å². The molecule has 0 radical (unpaired) electrons. The molecule has 1 N–H and O–H groups in total. The quantitative estimate of drug-likeness (QED) is 0.924. The van der Waals surface area contributed by atoms with Crippen molar-refractivity contribution >= 4 is 22.7 Å². The summed E-state index contributed by atoms with van der Waals surface area (Å²) in [5.74, 6) is 0.861. The van der Waals surface area contributed by atoms with Crippen LogP contribution in [0.1, 0.15) is 25.2 Å². The molecule has 1 aromatic heterocycles. The lowest BCUT2D eigenvalue weighted by Crippen LogP contribution is -2.56. The highest BCUT2D eigenvalue weighted by Gasteiger charge is 2.28. The zero-order chi connectivity index (χ0) is 16.9. The molecule has 1 aliphatic heterocycles. The molecule has 0 spiro atoms. The molecule has 24 heavy (non-hydrogen) atoms. The molecule has 0 bridgehead atoms. The van der Waals surface area contributed by atoms with Gasteiger partial charge < -0.3 is 15.1 Å². The van der Waals surface area contributed by atoms with E-state index in [2.05, 4.69) is 38.6 Å². The molecule has 2 aromatic rings. The predicted molar refractivity (Wildman–Crippen MR) is 96.6 cm³/mol. The summed E-state index contributed by atoms with van der Waals surface area (Å²) in [6, 6.07) is 10.4. The lowest BCUT2D eigenvalue weighted by molar-refractivity contribution is 0.172. The topological polar surface area (TPSA) is 61.4 Å². The fourth-order valence-electron chi connectivity index (χ4n) is 2.91. The lowest BCUT2D eigenvalue weighted by Gasteiger charge is -2.39. The smallest absolute Gasteiger partial charge is 0.317 e. The number of anilines is 1. The molecule has 1 atom stereocenters. The summed E-state index contributed by atoms with van der Waals surface area (Å²) in [6.45, 7) is 6.96. The largest absolute Gasteiger partial charge is 0.343 e. The van der Waals surface area contributed by atoms with Gasteiger partial charge in [-0.25, -0.2) is 9.78 Å². The number of rotatable bonds is 4. The van der Waals surface area contributed by atoms with Crippen molar-refractivity contribution in [2.75, 3.05) is 31.1 Å². The fraction of sp³-hybridized carbons (Fsp3) is 0.471. The van der Waals surface area contributed by atoms with Crippen LogP contribution in [-0.2, 0) is 6.42 Å². The molecule has 6 nitrogen and oxygen atoms in total. The van der Waals surface area contributed by atoms with Crippen molar-refractivity contribution in [2.45, 2.75) is 26.3 Å². The molecule has 1 unspecified atom stereocenters. The van der Waals surface area contributed by atoms with Gasteiger partial charge in [0.25, 0.3) is 0 Å². The summed E-state index contributed by atoms with van der Waals surface area (Å²) in [7, 11) is 0. The van der Waals surface area contributed by atoms with E-state index in [0.29, 0.717) is 13.1 Å². The monoisotopic (exact) mass is 345 g/mol. The van der Waals surface area contributed by atoms with Gasteiger partial charge in [0.2, 0.25) is 5.13 Å². The Kier molecular flexibility index (Phi) is 5.30. The van der Waals surface area contributed by atoms with Gasteiger partial charge in [-0.3, -0.25) is 0 Å². The van der Waals surface area contributed by atoms with Gasteiger partial charge in [-0.1, -0.05) is 30.3 Å². The van der Waals surface area contributed by atoms with Crippen molar-refractivity contribution in [3.05, 3.63) is 41.7 Å². The molecule has 7 heteroatoms. The Morgan fingerprint density at radius 3 is 2.83 bits per heavy atom. The van der Waals surface area contributed by atoms with Crippen LogP contribution in [0.4, 0.5) is 9.93 Å². The van der Waals surface area contributed by atoms with E-state index < -0.39 is 0 Å². The first-order valence-electron chi connectivity index (χ1n) is 8.33. The Balaban J connectivity index is 1.61. The van der Waals surface area contributed by atoms with Gasteiger partial charge >= 0.3 is 6.03 Å². The van der Waals surface area contributed by atoms with Crippen LogP contribution in [0.25, 0.3) is 0 Å². The zero-order valence-corrected chi connectivity index (χ0v) is 14.9. The van der Waals surface area contributed by atoms with Crippen molar-refractivity contribution in [1.82, 2.24) is 19.6 Å². The fourth-order valence-corrected chi connectivity index (χ4v) is 3.63. The average Bonchev–Trinajstić information content (AvgIpc) is 3.04. The Morgan fingerprint density at radius 1 is 1.33 bits per heavy atom. The number of carbonyl (C=O) groups excluding carboxylic acids is 1. The minimum absolute atomic E-state index is 0.0201. The minimum Gasteiger partial charge on any atom is -0.343 e. The second-order valence-electron chi connectivity index (χ2n) is 5.98. The third kappa shape index (κ3) is 3.84. The van der Waals surface area contributed by atoms with Gasteiger partial charge in [0, 0.05) is 50.2 Å². The van der Waals surface area contributed by atoms with Crippen LogP contribution < -0.4 is 10.2 Å². The third-order valence-corrected chi connectivity index (χ3v) is 4.96. The third-order valence-electron chi connectivity index (χ3n) is 4.15. The van der Waals surface area contributed by atoms with Crippen LogP contribution in [-0.4, -0.2) is 52.5 Å². The van der Waals surface area contributed by atoms with Crippen molar-refractivity contribution in [1.29, 1.82) is 0 Å². The number of hydrogen-bond donors (Lipinski definition) is 1. The van der Waals surface area contributed by atoms with Crippen LogP contribution >= 0.6 is 11.5 Å². The molecule has 3 rings (SSSR count). The number of piperazine rings is 1. The molecule has 0 saturated carbocycles. The van der Waals surface area contributed by atoms with Crippen molar-refractivity contribution < 1.29 is 4.79 Å². The van der Waals surface area contributed by atoms with Crippen LogP contribution in [0.3, 0.4) is 0 Å². The second kappa shape index (κ2) is 7.61. The van der Waals surface area contributed by atoms with E-state index in [0.717, 1.165) is 30.5 Å². The summed E-state index contributed by atoms with van der Waals surface area (Å²) in [5, 5.41) is 3.82. The SMILES string of the molecule is CCNC(=O)N1CCN(c2nc(Cc3ccccc3)ns2)CC1C. The maximum absolute atomic E-state index is 12.0. The number of urea groups is 1. The van der Waals surface area contributed by atoms with Crippen LogP contribution in [0.15, 0.2) is 30.3 Å².